The molecule has 56 heavy (non-hydrogen) atoms. The SMILES string of the molecule is CCOP(=O)(CN(CCCOc1cc2c(Oc3ccc(NC(=O)C4(C(=O)Nc5ccc(F)cc5)CC4)cc3F)ccnc2cc1OC)OC(=O)C1CC1)OCC. The average molecular weight is 797 g/mol. The summed E-state index contributed by atoms with van der Waals surface area (Å²) >= 11 is 0. The highest BCUT2D eigenvalue weighted by Gasteiger charge is 2.56. The van der Waals surface area contributed by atoms with Crippen molar-refractivity contribution in [3.63, 3.8) is 0 Å². The lowest BCUT2D eigenvalue weighted by Crippen LogP contribution is -2.35. The molecule has 2 amide bonds. The summed E-state index contributed by atoms with van der Waals surface area (Å²) in [4.78, 5) is 48.5. The first kappa shape index (κ1) is 40.5. The second-order valence-electron chi connectivity index (χ2n) is 13.3. The molecule has 298 valence electrons. The van der Waals surface area contributed by atoms with Gasteiger partial charge < -0.3 is 38.7 Å². The molecule has 2 saturated carbocycles. The van der Waals surface area contributed by atoms with Crippen molar-refractivity contribution in [1.82, 2.24) is 10.0 Å². The van der Waals surface area contributed by atoms with E-state index in [9.17, 15) is 23.3 Å². The van der Waals surface area contributed by atoms with Crippen LogP contribution in [0.2, 0.25) is 0 Å². The van der Waals surface area contributed by atoms with Gasteiger partial charge in [0, 0.05) is 41.6 Å². The zero-order valence-electron chi connectivity index (χ0n) is 31.2. The van der Waals surface area contributed by atoms with E-state index in [1.165, 1.54) is 54.8 Å². The molecule has 2 fully saturated rings. The zero-order valence-corrected chi connectivity index (χ0v) is 32.1. The molecule has 0 aliphatic heterocycles. The monoisotopic (exact) mass is 796 g/mol. The highest BCUT2D eigenvalue weighted by Crippen LogP contribution is 2.49. The van der Waals surface area contributed by atoms with Crippen LogP contribution < -0.4 is 24.8 Å². The predicted octanol–water partition coefficient (Wildman–Crippen LogP) is 7.83. The molecular weight excluding hydrogens is 753 g/mol. The van der Waals surface area contributed by atoms with Crippen molar-refractivity contribution in [2.75, 3.05) is 50.4 Å². The number of fused-ring (bicyclic) bond motifs is 1. The predicted molar refractivity (Wildman–Crippen MR) is 201 cm³/mol. The fourth-order valence-electron chi connectivity index (χ4n) is 5.78. The lowest BCUT2D eigenvalue weighted by Gasteiger charge is -2.25. The van der Waals surface area contributed by atoms with Gasteiger partial charge in [-0.3, -0.25) is 23.9 Å². The third-order valence-electron chi connectivity index (χ3n) is 9.04. The van der Waals surface area contributed by atoms with E-state index in [1.807, 2.05) is 0 Å². The van der Waals surface area contributed by atoms with Gasteiger partial charge in [0.25, 0.3) is 0 Å². The molecule has 1 heterocycles. The number of rotatable bonds is 20. The van der Waals surface area contributed by atoms with E-state index in [1.54, 1.807) is 32.0 Å². The van der Waals surface area contributed by atoms with Crippen molar-refractivity contribution in [2.24, 2.45) is 11.3 Å². The number of halogens is 2. The number of carbonyl (C=O) groups excluding carboxylic acids is 3. The number of hydrogen-bond acceptors (Lipinski definition) is 12. The molecule has 0 saturated heterocycles. The van der Waals surface area contributed by atoms with Crippen LogP contribution in [-0.4, -0.2) is 67.6 Å². The molecule has 2 aliphatic carbocycles. The number of amides is 2. The van der Waals surface area contributed by atoms with Gasteiger partial charge in [0.2, 0.25) is 11.8 Å². The maximum atomic E-state index is 15.4. The number of nitrogens with zero attached hydrogens (tertiary/aromatic N) is 2. The first-order valence-electron chi connectivity index (χ1n) is 18.3. The lowest BCUT2D eigenvalue weighted by molar-refractivity contribution is -0.189. The van der Waals surface area contributed by atoms with Crippen LogP contribution in [0.15, 0.2) is 66.9 Å². The number of pyridine rings is 1. The van der Waals surface area contributed by atoms with Crippen LogP contribution >= 0.6 is 7.60 Å². The standard InChI is InChI=1S/C39H43F2N4O10P/c1-4-52-56(49,53-5-2)24-45(55-36(46)25-7-8-25)19-6-20-51-35-22-29-31(23-34(35)50-3)42-18-15-32(29)54-33-14-13-28(21-30(33)41)44-38(48)39(16-17-39)37(47)43-27-11-9-26(40)10-12-27/h9-15,18,21-23,25H,4-8,16-17,19-20,24H2,1-3H3,(H,43,47)(H,44,48). The zero-order chi connectivity index (χ0) is 39.9. The van der Waals surface area contributed by atoms with E-state index in [0.29, 0.717) is 47.4 Å². The van der Waals surface area contributed by atoms with E-state index in [0.717, 1.165) is 18.9 Å². The fraction of sp³-hybridized carbons (Fsp3) is 0.385. The summed E-state index contributed by atoms with van der Waals surface area (Å²) < 4.78 is 70.3. The molecule has 4 aromatic rings. The van der Waals surface area contributed by atoms with Gasteiger partial charge >= 0.3 is 13.6 Å². The van der Waals surface area contributed by atoms with Gasteiger partial charge in [0.15, 0.2) is 23.1 Å². The Morgan fingerprint density at radius 2 is 1.55 bits per heavy atom. The van der Waals surface area contributed by atoms with Crippen LogP contribution in [0.5, 0.6) is 23.0 Å². The van der Waals surface area contributed by atoms with Crippen molar-refractivity contribution in [1.29, 1.82) is 0 Å². The summed E-state index contributed by atoms with van der Waals surface area (Å²) in [6.07, 6.45) is 3.71. The van der Waals surface area contributed by atoms with E-state index in [4.69, 9.17) is 28.1 Å². The summed E-state index contributed by atoms with van der Waals surface area (Å²) in [5, 5.41) is 7.04. The number of benzene rings is 3. The number of aromatic nitrogens is 1. The fourth-order valence-corrected chi connectivity index (χ4v) is 7.39. The van der Waals surface area contributed by atoms with Gasteiger partial charge in [-0.25, -0.2) is 8.78 Å². The second-order valence-corrected chi connectivity index (χ2v) is 15.3. The smallest absolute Gasteiger partial charge is 0.347 e. The Kier molecular flexibility index (Phi) is 12.8. The molecule has 2 N–H and O–H groups in total. The highest BCUT2D eigenvalue weighted by molar-refractivity contribution is 7.53. The van der Waals surface area contributed by atoms with Gasteiger partial charge in [-0.2, -0.15) is 0 Å². The van der Waals surface area contributed by atoms with Crippen LogP contribution in [-0.2, 0) is 32.8 Å². The average Bonchev–Trinajstić information content (AvgIpc) is 4.10. The number of hydrogen-bond donors (Lipinski definition) is 2. The minimum Gasteiger partial charge on any atom is -0.493 e. The first-order valence-corrected chi connectivity index (χ1v) is 20.0. The molecule has 0 radical (unpaired) electrons. The van der Waals surface area contributed by atoms with Gasteiger partial charge in [0.1, 0.15) is 23.3 Å². The maximum Gasteiger partial charge on any atom is 0.347 e. The molecule has 3 aromatic carbocycles. The van der Waals surface area contributed by atoms with Crippen molar-refractivity contribution in [3.05, 3.63) is 78.5 Å². The van der Waals surface area contributed by atoms with Crippen LogP contribution in [0.3, 0.4) is 0 Å². The third-order valence-corrected chi connectivity index (χ3v) is 11.0. The Morgan fingerprint density at radius 1 is 0.875 bits per heavy atom. The summed E-state index contributed by atoms with van der Waals surface area (Å²) in [6, 6.07) is 14.0. The Balaban J connectivity index is 1.10. The highest BCUT2D eigenvalue weighted by atomic mass is 31.2. The van der Waals surface area contributed by atoms with Gasteiger partial charge in [-0.15, -0.1) is 5.06 Å². The minimum atomic E-state index is -3.56. The van der Waals surface area contributed by atoms with Crippen molar-refractivity contribution in [2.45, 2.75) is 46.0 Å². The van der Waals surface area contributed by atoms with E-state index in [-0.39, 0.29) is 55.8 Å². The minimum absolute atomic E-state index is 0.125. The number of ether oxygens (including phenoxy) is 3. The molecule has 6 rings (SSSR count). The molecule has 14 nitrogen and oxygen atoms in total. The van der Waals surface area contributed by atoms with Crippen LogP contribution in [0.1, 0.15) is 46.0 Å². The van der Waals surface area contributed by atoms with Crippen molar-refractivity contribution >= 4 is 47.7 Å². The van der Waals surface area contributed by atoms with E-state index >= 15 is 4.39 Å². The first-order chi connectivity index (χ1) is 27.0. The Bertz CT molecular complexity index is 2100. The van der Waals surface area contributed by atoms with Gasteiger partial charge in [0.05, 0.1) is 38.4 Å². The molecule has 17 heteroatoms. The Labute approximate surface area is 322 Å². The van der Waals surface area contributed by atoms with E-state index < -0.39 is 42.4 Å². The summed E-state index contributed by atoms with van der Waals surface area (Å²) in [6.45, 7) is 4.03. The molecule has 0 spiro atoms. The number of nitrogens with one attached hydrogen (secondary N) is 2. The topological polar surface area (TPSA) is 164 Å². The second kappa shape index (κ2) is 17.8. The van der Waals surface area contributed by atoms with Crippen molar-refractivity contribution < 1.29 is 55.8 Å². The molecule has 0 unspecified atom stereocenters. The summed E-state index contributed by atoms with van der Waals surface area (Å²) in [5.41, 5.74) is -0.370. The van der Waals surface area contributed by atoms with Crippen LogP contribution in [0.25, 0.3) is 10.9 Å². The summed E-state index contributed by atoms with van der Waals surface area (Å²) in [5.74, 6) is -2.09. The van der Waals surface area contributed by atoms with Crippen LogP contribution in [0, 0.1) is 23.0 Å². The number of anilines is 2. The quantitative estimate of drug-likeness (QED) is 0.0386. The molecule has 0 bridgehead atoms. The molecule has 2 aliphatic rings. The van der Waals surface area contributed by atoms with Gasteiger partial charge in [-0.05, 0) is 94.5 Å². The molecule has 0 atom stereocenters. The Morgan fingerprint density at radius 3 is 2.18 bits per heavy atom. The van der Waals surface area contributed by atoms with E-state index in [2.05, 4.69) is 15.6 Å². The molecular formula is C39H43F2N4O10P. The Hall–Kier alpha value is -5.15. The van der Waals surface area contributed by atoms with Crippen molar-refractivity contribution in [3.8, 4) is 23.0 Å². The van der Waals surface area contributed by atoms with Crippen LogP contribution in [0.4, 0.5) is 20.2 Å². The number of methoxy groups -OCH3 is 1. The maximum absolute atomic E-state index is 15.4. The third kappa shape index (κ3) is 9.98. The molecule has 1 aromatic heterocycles. The summed E-state index contributed by atoms with van der Waals surface area (Å²) in [7, 11) is -2.08. The number of carbonyl (C=O) groups is 3. The normalized spacial score (nSPS) is 14.6. The largest absolute Gasteiger partial charge is 0.493 e. The van der Waals surface area contributed by atoms with Gasteiger partial charge in [-0.1, -0.05) is 0 Å². The number of hydroxylamine groups is 2. The lowest BCUT2D eigenvalue weighted by atomic mass is 10.0.